The normalized spacial score (nSPS) is 23.5. The lowest BCUT2D eigenvalue weighted by molar-refractivity contribution is -0.738. The molecule has 0 N–H and O–H groups in total. The summed E-state index contributed by atoms with van der Waals surface area (Å²) in [5.74, 6) is 2.07. The maximum absolute atomic E-state index is 7.79. The first-order valence-corrected chi connectivity index (χ1v) is 20.7. The van der Waals surface area contributed by atoms with Gasteiger partial charge in [-0.25, -0.2) is 4.57 Å². The van der Waals surface area contributed by atoms with Gasteiger partial charge in [0, 0.05) is 18.5 Å². The third-order valence-electron chi connectivity index (χ3n) is 14.6. The molecule has 3 atom stereocenters. The Kier molecular flexibility index (Phi) is 7.70. The van der Waals surface area contributed by atoms with Crippen molar-refractivity contribution in [1.29, 1.82) is 0 Å². The van der Waals surface area contributed by atoms with Crippen molar-refractivity contribution in [3.05, 3.63) is 107 Å². The molecular formula is C50H58N3O+. The molecule has 54 heavy (non-hydrogen) atoms. The molecule has 0 bridgehead atoms. The molecule has 4 heteroatoms. The van der Waals surface area contributed by atoms with Gasteiger partial charge in [0.05, 0.1) is 16.3 Å². The van der Waals surface area contributed by atoms with Gasteiger partial charge in [0.25, 0.3) is 6.33 Å². The molecule has 3 aliphatic rings. The van der Waals surface area contributed by atoms with Gasteiger partial charge in [0.15, 0.2) is 16.8 Å². The van der Waals surface area contributed by atoms with Crippen LogP contribution < -0.4 is 4.57 Å². The Labute approximate surface area is 321 Å². The molecule has 0 amide bonds. The van der Waals surface area contributed by atoms with E-state index in [0.717, 1.165) is 37.6 Å². The molecule has 3 unspecified atom stereocenters. The Balaban J connectivity index is 1.44. The highest BCUT2D eigenvalue weighted by Gasteiger charge is 2.92. The van der Waals surface area contributed by atoms with Crippen molar-refractivity contribution in [3.63, 3.8) is 0 Å². The second-order valence-electron chi connectivity index (χ2n) is 18.3. The molecule has 0 saturated heterocycles. The third kappa shape index (κ3) is 4.26. The van der Waals surface area contributed by atoms with Crippen LogP contribution in [0.1, 0.15) is 106 Å². The predicted molar refractivity (Wildman–Crippen MR) is 226 cm³/mol. The average molecular weight is 717 g/mol. The molecule has 4 aromatic carbocycles. The van der Waals surface area contributed by atoms with Gasteiger partial charge >= 0.3 is 0 Å². The summed E-state index contributed by atoms with van der Waals surface area (Å²) in [4.78, 5) is 5.49. The van der Waals surface area contributed by atoms with Crippen LogP contribution in [-0.4, -0.2) is 15.2 Å². The molecule has 1 aliphatic carbocycles. The zero-order valence-electron chi connectivity index (χ0n) is 34.4. The number of aryl methyl sites for hydroxylation is 1. The van der Waals surface area contributed by atoms with Crippen LogP contribution in [0.25, 0.3) is 54.7 Å². The Morgan fingerprint density at radius 1 is 0.815 bits per heavy atom. The molecule has 9 rings (SSSR count). The fraction of sp³-hybridized carbons (Fsp3) is 0.440. The number of fused-ring (bicyclic) bond motifs is 16. The van der Waals surface area contributed by atoms with Crippen LogP contribution in [0.4, 0.5) is 0 Å². The Morgan fingerprint density at radius 3 is 2.22 bits per heavy atom. The maximum Gasteiger partial charge on any atom is 0.288 e. The van der Waals surface area contributed by atoms with Gasteiger partial charge in [-0.2, -0.15) is 0 Å². The van der Waals surface area contributed by atoms with Crippen LogP contribution in [-0.2, 0) is 29.2 Å². The molecule has 278 valence electrons. The Hall–Kier alpha value is -4.44. The van der Waals surface area contributed by atoms with Crippen molar-refractivity contribution >= 4 is 43.5 Å². The minimum Gasteiger partial charge on any atom is -0.481 e. The highest BCUT2D eigenvalue weighted by molar-refractivity contribution is 6.21. The van der Waals surface area contributed by atoms with Gasteiger partial charge in [-0.15, -0.1) is 0 Å². The molecule has 2 aliphatic heterocycles. The maximum atomic E-state index is 7.79. The topological polar surface area (TPSA) is 30.9 Å². The molecule has 1 fully saturated rings. The lowest BCUT2D eigenvalue weighted by Crippen LogP contribution is -2.55. The average Bonchev–Trinajstić information content (AvgIpc) is 3.39. The van der Waals surface area contributed by atoms with Crippen molar-refractivity contribution in [1.82, 2.24) is 9.55 Å². The molecular weight excluding hydrogens is 659 g/mol. The van der Waals surface area contributed by atoms with Gasteiger partial charge in [0.2, 0.25) is 5.52 Å². The summed E-state index contributed by atoms with van der Waals surface area (Å²) in [6.07, 6.45) is 10.2. The molecule has 4 heterocycles. The van der Waals surface area contributed by atoms with Gasteiger partial charge < -0.3 is 9.30 Å². The second-order valence-corrected chi connectivity index (χ2v) is 18.3. The first-order chi connectivity index (χ1) is 25.8. The smallest absolute Gasteiger partial charge is 0.288 e. The summed E-state index contributed by atoms with van der Waals surface area (Å²) in [6.45, 7) is 23.7. The van der Waals surface area contributed by atoms with Gasteiger partial charge in [-0.1, -0.05) is 109 Å². The number of hydrogen-bond acceptors (Lipinski definition) is 2. The third-order valence-corrected chi connectivity index (χ3v) is 14.6. The first-order valence-electron chi connectivity index (χ1n) is 20.7. The summed E-state index contributed by atoms with van der Waals surface area (Å²) in [6, 6.07) is 25.3. The first kappa shape index (κ1) is 35.3. The molecule has 1 spiro atoms. The largest absolute Gasteiger partial charge is 0.481 e. The van der Waals surface area contributed by atoms with E-state index in [1.807, 2.05) is 0 Å². The highest BCUT2D eigenvalue weighted by atomic mass is 16.5. The van der Waals surface area contributed by atoms with Crippen LogP contribution in [0, 0.1) is 17.3 Å². The van der Waals surface area contributed by atoms with E-state index < -0.39 is 11.1 Å². The van der Waals surface area contributed by atoms with Gasteiger partial charge in [-0.3, -0.25) is 0 Å². The van der Waals surface area contributed by atoms with E-state index in [1.54, 1.807) is 0 Å². The monoisotopic (exact) mass is 716 g/mol. The number of hydrogen-bond donors (Lipinski definition) is 0. The minimum absolute atomic E-state index is 0.165. The Bertz CT molecular complexity index is 2610. The number of rotatable bonds is 7. The standard InChI is InChI=1S/C50H58N3O/c1-12-31(13-2)38-28-50(54-46(30(38)5)32(14-3)15-4)48(9)39-25-24-35-34(27-47(6,7)8)20-18-22-37(35)41(39)44-45-43(51-29-53(44)49(48,50)10)42-36-21-17-16-19-33(36)23-26-40(42)52(45)11/h16-26,28-29,31-32H,12-15,27H2,1-11H3/q+1. The zero-order valence-corrected chi connectivity index (χ0v) is 34.4. The SMILES string of the molecule is CCC(CC)C1=CC2(OC(C(CC)CC)=C1C)C1(C)c3ccc4c(CC(C)(C)C)cccc4c3-c3c4c(nc[n+]3C21C)c1c2ccccc2ccc1n4C. The van der Waals surface area contributed by atoms with Crippen molar-refractivity contribution in [3.8, 4) is 11.3 Å². The van der Waals surface area contributed by atoms with E-state index >= 15 is 0 Å². The van der Waals surface area contributed by atoms with Gasteiger partial charge in [0.1, 0.15) is 11.3 Å². The summed E-state index contributed by atoms with van der Waals surface area (Å²) in [7, 11) is 2.25. The van der Waals surface area contributed by atoms with E-state index in [0.29, 0.717) is 11.8 Å². The minimum atomic E-state index is -0.580. The van der Waals surface area contributed by atoms with Crippen LogP contribution in [0.2, 0.25) is 0 Å². The predicted octanol–water partition coefficient (Wildman–Crippen LogP) is 12.4. The van der Waals surface area contributed by atoms with E-state index in [9.17, 15) is 0 Å². The highest BCUT2D eigenvalue weighted by Crippen LogP contribution is 2.76. The summed E-state index contributed by atoms with van der Waals surface area (Å²) >= 11 is 0. The molecule has 0 radical (unpaired) electrons. The summed E-state index contributed by atoms with van der Waals surface area (Å²) in [5, 5.41) is 6.39. The van der Waals surface area contributed by atoms with Crippen molar-refractivity contribution in [2.24, 2.45) is 24.3 Å². The number of benzene rings is 4. The van der Waals surface area contributed by atoms with Gasteiger partial charge in [-0.05, 0) is 125 Å². The molecule has 4 nitrogen and oxygen atoms in total. The van der Waals surface area contributed by atoms with Crippen LogP contribution in [0.5, 0.6) is 0 Å². The van der Waals surface area contributed by atoms with Crippen LogP contribution in [0.3, 0.4) is 0 Å². The van der Waals surface area contributed by atoms with E-state index in [4.69, 9.17) is 9.72 Å². The van der Waals surface area contributed by atoms with E-state index in [2.05, 4.69) is 165 Å². The number of allylic oxidation sites excluding steroid dienone is 3. The van der Waals surface area contributed by atoms with Crippen LogP contribution >= 0.6 is 0 Å². The van der Waals surface area contributed by atoms with Crippen molar-refractivity contribution in [2.45, 2.75) is 118 Å². The fourth-order valence-electron chi connectivity index (χ4n) is 11.5. The molecule has 1 saturated carbocycles. The summed E-state index contributed by atoms with van der Waals surface area (Å²) < 4.78 is 12.8. The van der Waals surface area contributed by atoms with Crippen molar-refractivity contribution in [2.75, 3.05) is 0 Å². The lowest BCUT2D eigenvalue weighted by atomic mass is 9.78. The summed E-state index contributed by atoms with van der Waals surface area (Å²) in [5.41, 5.74) is 10.5. The lowest BCUT2D eigenvalue weighted by Gasteiger charge is -2.35. The zero-order chi connectivity index (χ0) is 38.1. The van der Waals surface area contributed by atoms with E-state index in [-0.39, 0.29) is 10.8 Å². The quantitative estimate of drug-likeness (QED) is 0.154. The molecule has 2 aromatic heterocycles. The van der Waals surface area contributed by atoms with Crippen molar-refractivity contribution < 1.29 is 9.30 Å². The fourth-order valence-corrected chi connectivity index (χ4v) is 11.5. The number of ether oxygens (including phenoxy) is 1. The van der Waals surface area contributed by atoms with Crippen LogP contribution in [0.15, 0.2) is 96.0 Å². The number of nitrogens with zero attached hydrogens (tertiary/aromatic N) is 3. The Morgan fingerprint density at radius 2 is 1.52 bits per heavy atom. The molecule has 6 aromatic rings. The number of aromatic nitrogens is 3. The van der Waals surface area contributed by atoms with E-state index in [1.165, 1.54) is 77.3 Å². The second kappa shape index (κ2) is 11.8.